The summed E-state index contributed by atoms with van der Waals surface area (Å²) in [6, 6.07) is 0. The largest absolute Gasteiger partial charge is 0.334 e. The van der Waals surface area contributed by atoms with Gasteiger partial charge in [-0.15, -0.1) is 0 Å². The Morgan fingerprint density at radius 1 is 1.36 bits per heavy atom. The van der Waals surface area contributed by atoms with Crippen LogP contribution >= 0.6 is 0 Å². The van der Waals surface area contributed by atoms with Gasteiger partial charge >= 0.3 is 0 Å². The van der Waals surface area contributed by atoms with Crippen molar-refractivity contribution in [1.29, 1.82) is 0 Å². The van der Waals surface area contributed by atoms with Gasteiger partial charge in [-0.3, -0.25) is 9.59 Å². The lowest BCUT2D eigenvalue weighted by molar-refractivity contribution is -0.132. The van der Waals surface area contributed by atoms with Crippen LogP contribution in [0, 0.1) is 0 Å². The van der Waals surface area contributed by atoms with Crippen molar-refractivity contribution in [2.24, 2.45) is 5.73 Å². The maximum atomic E-state index is 10.8. The Hall–Kier alpha value is -0.900. The topological polar surface area (TPSA) is 63.4 Å². The molecule has 11 heavy (non-hydrogen) atoms. The van der Waals surface area contributed by atoms with Crippen LogP contribution < -0.4 is 5.73 Å². The lowest BCUT2D eigenvalue weighted by Gasteiger charge is -2.17. The number of hydrogen-bond donors (Lipinski definition) is 1. The van der Waals surface area contributed by atoms with Crippen LogP contribution in [0.5, 0.6) is 0 Å². The fourth-order valence-electron chi connectivity index (χ4n) is 0.772. The molecule has 0 atom stereocenters. The van der Waals surface area contributed by atoms with Crippen LogP contribution in [-0.2, 0) is 9.59 Å². The van der Waals surface area contributed by atoms with Gasteiger partial charge in [-0.2, -0.15) is 0 Å². The van der Waals surface area contributed by atoms with E-state index in [1.54, 1.807) is 0 Å². The summed E-state index contributed by atoms with van der Waals surface area (Å²) in [5.41, 5.74) is 5.24. The summed E-state index contributed by atoms with van der Waals surface area (Å²) in [5, 5.41) is 0. The maximum Gasteiger partial charge on any atom is 0.219 e. The molecule has 2 N–H and O–H groups in total. The number of carbonyl (C=O) groups excluding carboxylic acids is 2. The van der Waals surface area contributed by atoms with Crippen LogP contribution in [-0.4, -0.2) is 36.2 Å². The molecule has 0 aromatic heterocycles. The molecule has 64 valence electrons. The lowest BCUT2D eigenvalue weighted by atomic mass is 10.3. The van der Waals surface area contributed by atoms with Crippen LogP contribution in [0.3, 0.4) is 0 Å². The third-order valence-corrected chi connectivity index (χ3v) is 1.26. The molecule has 0 heterocycles. The van der Waals surface area contributed by atoms with E-state index >= 15 is 0 Å². The first-order chi connectivity index (χ1) is 5.07. The van der Waals surface area contributed by atoms with E-state index in [1.807, 2.05) is 0 Å². The van der Waals surface area contributed by atoms with Gasteiger partial charge in [0.2, 0.25) is 5.91 Å². The van der Waals surface area contributed by atoms with E-state index in [1.165, 1.54) is 18.7 Å². The summed E-state index contributed by atoms with van der Waals surface area (Å²) >= 11 is 0. The molecule has 0 saturated carbocycles. The summed E-state index contributed by atoms with van der Waals surface area (Å²) in [6.45, 7) is 3.90. The van der Waals surface area contributed by atoms with Crippen molar-refractivity contribution in [3.05, 3.63) is 0 Å². The fourth-order valence-corrected chi connectivity index (χ4v) is 0.772. The van der Waals surface area contributed by atoms with Gasteiger partial charge in [0.15, 0.2) is 0 Å². The van der Waals surface area contributed by atoms with E-state index in [2.05, 4.69) is 0 Å². The van der Waals surface area contributed by atoms with Crippen molar-refractivity contribution in [1.82, 2.24) is 4.90 Å². The molecule has 0 spiro atoms. The molecule has 4 nitrogen and oxygen atoms in total. The zero-order valence-electron chi connectivity index (χ0n) is 6.96. The first-order valence-corrected chi connectivity index (χ1v) is 3.53. The molecule has 1 amide bonds. The third kappa shape index (κ3) is 4.50. The van der Waals surface area contributed by atoms with E-state index in [9.17, 15) is 9.59 Å². The highest BCUT2D eigenvalue weighted by molar-refractivity contribution is 5.83. The lowest BCUT2D eigenvalue weighted by Crippen LogP contribution is -2.36. The number of Topliss-reactive ketones (excluding diaryl/α,β-unsaturated/α-hetero) is 1. The highest BCUT2D eigenvalue weighted by Crippen LogP contribution is 1.87. The SMILES string of the molecule is CC(=O)CN(CCN)C(C)=O. The van der Waals surface area contributed by atoms with E-state index in [0.717, 1.165) is 0 Å². The number of nitrogens with zero attached hydrogens (tertiary/aromatic N) is 1. The number of nitrogens with two attached hydrogens (primary N) is 1. The monoisotopic (exact) mass is 158 g/mol. The molecule has 0 aliphatic carbocycles. The van der Waals surface area contributed by atoms with Crippen molar-refractivity contribution < 1.29 is 9.59 Å². The predicted octanol–water partition coefficient (Wildman–Crippen LogP) is -0.617. The molecular formula is C7H14N2O2. The molecule has 0 rings (SSSR count). The number of hydrogen-bond acceptors (Lipinski definition) is 3. The average Bonchev–Trinajstić information content (AvgIpc) is 1.86. The highest BCUT2D eigenvalue weighted by atomic mass is 16.2. The Morgan fingerprint density at radius 3 is 2.18 bits per heavy atom. The number of carbonyl (C=O) groups is 2. The standard InChI is InChI=1S/C7H14N2O2/c1-6(10)5-9(4-3-8)7(2)11/h3-5,8H2,1-2H3. The highest BCUT2D eigenvalue weighted by Gasteiger charge is 2.08. The predicted molar refractivity (Wildman–Crippen MR) is 42.0 cm³/mol. The van der Waals surface area contributed by atoms with Crippen LogP contribution in [0.4, 0.5) is 0 Å². The minimum absolute atomic E-state index is 0.0198. The van der Waals surface area contributed by atoms with Gasteiger partial charge in [-0.25, -0.2) is 0 Å². The molecule has 0 aliphatic heterocycles. The van der Waals surface area contributed by atoms with Crippen molar-refractivity contribution in [2.45, 2.75) is 13.8 Å². The molecule has 0 aromatic carbocycles. The molecule has 0 aromatic rings. The van der Waals surface area contributed by atoms with E-state index in [4.69, 9.17) is 5.73 Å². The molecule has 0 bridgehead atoms. The second kappa shape index (κ2) is 4.85. The average molecular weight is 158 g/mol. The zero-order chi connectivity index (χ0) is 8.85. The number of ketones is 1. The van der Waals surface area contributed by atoms with E-state index in [-0.39, 0.29) is 18.2 Å². The summed E-state index contributed by atoms with van der Waals surface area (Å²) in [5.74, 6) is -0.126. The molecule has 0 fully saturated rings. The van der Waals surface area contributed by atoms with Crippen molar-refractivity contribution in [2.75, 3.05) is 19.6 Å². The molecule has 0 saturated heterocycles. The smallest absolute Gasteiger partial charge is 0.219 e. The summed E-state index contributed by atoms with van der Waals surface area (Å²) < 4.78 is 0. The quantitative estimate of drug-likeness (QED) is 0.593. The molecule has 4 heteroatoms. The van der Waals surface area contributed by atoms with Gasteiger partial charge in [0.1, 0.15) is 5.78 Å². The van der Waals surface area contributed by atoms with Crippen molar-refractivity contribution in [3.8, 4) is 0 Å². The Labute approximate surface area is 66.4 Å². The van der Waals surface area contributed by atoms with Crippen molar-refractivity contribution >= 4 is 11.7 Å². The number of rotatable bonds is 4. The minimum atomic E-state index is -0.106. The fraction of sp³-hybridized carbons (Fsp3) is 0.714. The Morgan fingerprint density at radius 2 is 1.91 bits per heavy atom. The van der Waals surface area contributed by atoms with Gasteiger partial charge in [-0.1, -0.05) is 0 Å². The second-order valence-corrected chi connectivity index (χ2v) is 2.43. The molecule has 0 radical (unpaired) electrons. The Kier molecular flexibility index (Phi) is 4.45. The van der Waals surface area contributed by atoms with Crippen LogP contribution in [0.15, 0.2) is 0 Å². The first kappa shape index (κ1) is 10.1. The van der Waals surface area contributed by atoms with Crippen LogP contribution in [0.1, 0.15) is 13.8 Å². The van der Waals surface area contributed by atoms with Gasteiger partial charge in [0, 0.05) is 20.0 Å². The normalized spacial score (nSPS) is 9.36. The first-order valence-electron chi connectivity index (χ1n) is 3.53. The summed E-state index contributed by atoms with van der Waals surface area (Å²) in [6.07, 6.45) is 0. The van der Waals surface area contributed by atoms with Crippen LogP contribution in [0.25, 0.3) is 0 Å². The van der Waals surface area contributed by atoms with Gasteiger partial charge in [0.05, 0.1) is 6.54 Å². The molecule has 0 aliphatic rings. The summed E-state index contributed by atoms with van der Waals surface area (Å²) in [4.78, 5) is 22.8. The van der Waals surface area contributed by atoms with E-state index < -0.39 is 0 Å². The van der Waals surface area contributed by atoms with Crippen LogP contribution in [0.2, 0.25) is 0 Å². The molecule has 0 unspecified atom stereocenters. The van der Waals surface area contributed by atoms with Gasteiger partial charge in [0.25, 0.3) is 0 Å². The van der Waals surface area contributed by atoms with Gasteiger partial charge < -0.3 is 10.6 Å². The van der Waals surface area contributed by atoms with Crippen molar-refractivity contribution in [3.63, 3.8) is 0 Å². The maximum absolute atomic E-state index is 10.8. The zero-order valence-corrected chi connectivity index (χ0v) is 6.96. The Bertz CT molecular complexity index is 157. The molecular weight excluding hydrogens is 144 g/mol. The summed E-state index contributed by atoms with van der Waals surface area (Å²) in [7, 11) is 0. The van der Waals surface area contributed by atoms with E-state index in [0.29, 0.717) is 13.1 Å². The minimum Gasteiger partial charge on any atom is -0.334 e. The second-order valence-electron chi connectivity index (χ2n) is 2.43. The Balaban J connectivity index is 3.89. The third-order valence-electron chi connectivity index (χ3n) is 1.26. The number of amides is 1. The van der Waals surface area contributed by atoms with Gasteiger partial charge in [-0.05, 0) is 6.92 Å².